The van der Waals surface area contributed by atoms with Gasteiger partial charge in [-0.05, 0) is 23.8 Å². The van der Waals surface area contributed by atoms with Crippen molar-refractivity contribution in [1.29, 1.82) is 0 Å². The second-order valence-electron chi connectivity index (χ2n) is 3.99. The first-order chi connectivity index (χ1) is 8.84. The van der Waals surface area contributed by atoms with Crippen molar-refractivity contribution < 1.29 is 9.53 Å². The average Bonchev–Trinajstić information content (AvgIpc) is 2.41. The topological polar surface area (TPSA) is 39.2 Å². The van der Waals surface area contributed by atoms with Gasteiger partial charge in [0.1, 0.15) is 11.5 Å². The van der Waals surface area contributed by atoms with Crippen LogP contribution in [0.5, 0.6) is 5.75 Å². The Kier molecular flexibility index (Phi) is 4.47. The minimum atomic E-state index is 0.166. The molecule has 1 aromatic carbocycles. The van der Waals surface area contributed by atoms with Gasteiger partial charge in [-0.2, -0.15) is 0 Å². The first kappa shape index (κ1) is 12.3. The molecule has 0 aliphatic heterocycles. The first-order valence-corrected chi connectivity index (χ1v) is 5.93. The van der Waals surface area contributed by atoms with Crippen molar-refractivity contribution in [3.8, 4) is 5.75 Å². The average molecular weight is 241 g/mol. The molecule has 0 saturated carbocycles. The Morgan fingerprint density at radius 3 is 2.67 bits per heavy atom. The van der Waals surface area contributed by atoms with Gasteiger partial charge in [0.05, 0.1) is 6.61 Å². The van der Waals surface area contributed by atoms with Crippen molar-refractivity contribution in [3.05, 3.63) is 60.4 Å². The summed E-state index contributed by atoms with van der Waals surface area (Å²) in [4.78, 5) is 15.7. The molecular weight excluding hydrogens is 226 g/mol. The Morgan fingerprint density at radius 1 is 1.11 bits per heavy atom. The number of ether oxygens (including phenoxy) is 1. The molecule has 0 fully saturated rings. The summed E-state index contributed by atoms with van der Waals surface area (Å²) in [6.07, 6.45) is 4.26. The van der Waals surface area contributed by atoms with Crippen LogP contribution in [0.2, 0.25) is 0 Å². The van der Waals surface area contributed by atoms with Crippen LogP contribution in [-0.2, 0) is 11.2 Å². The van der Waals surface area contributed by atoms with Crippen LogP contribution in [0, 0.1) is 0 Å². The van der Waals surface area contributed by atoms with Crippen LogP contribution >= 0.6 is 0 Å². The Hall–Kier alpha value is -2.16. The summed E-state index contributed by atoms with van der Waals surface area (Å²) in [5, 5.41) is 0. The first-order valence-electron chi connectivity index (χ1n) is 5.93. The van der Waals surface area contributed by atoms with E-state index in [1.54, 1.807) is 12.4 Å². The van der Waals surface area contributed by atoms with Crippen LogP contribution in [-0.4, -0.2) is 17.4 Å². The summed E-state index contributed by atoms with van der Waals surface area (Å²) >= 11 is 0. The van der Waals surface area contributed by atoms with E-state index in [1.165, 1.54) is 0 Å². The van der Waals surface area contributed by atoms with Gasteiger partial charge in [-0.25, -0.2) is 0 Å². The second kappa shape index (κ2) is 6.55. The molecule has 0 radical (unpaired) electrons. The minimum Gasteiger partial charge on any atom is -0.493 e. The Balaban J connectivity index is 1.73. The Morgan fingerprint density at radius 2 is 1.94 bits per heavy atom. The molecule has 0 aliphatic rings. The summed E-state index contributed by atoms with van der Waals surface area (Å²) in [6.45, 7) is 0.420. The largest absolute Gasteiger partial charge is 0.493 e. The van der Waals surface area contributed by atoms with E-state index in [4.69, 9.17) is 4.74 Å². The molecule has 0 aliphatic carbocycles. The number of hydrogen-bond donors (Lipinski definition) is 0. The number of Topliss-reactive ketones (excluding diaryl/α,β-unsaturated/α-hetero) is 1. The summed E-state index contributed by atoms with van der Waals surface area (Å²) in [7, 11) is 0. The molecule has 0 spiro atoms. The third-order valence-electron chi connectivity index (χ3n) is 2.52. The van der Waals surface area contributed by atoms with E-state index in [0.29, 0.717) is 19.4 Å². The number of para-hydroxylation sites is 1. The van der Waals surface area contributed by atoms with E-state index in [-0.39, 0.29) is 5.78 Å². The van der Waals surface area contributed by atoms with Crippen LogP contribution in [0.3, 0.4) is 0 Å². The molecule has 0 saturated heterocycles. The quantitative estimate of drug-likeness (QED) is 0.780. The SMILES string of the molecule is O=C(CCOc1ccccc1)Cc1cccnc1. The lowest BCUT2D eigenvalue weighted by atomic mass is 10.1. The van der Waals surface area contributed by atoms with Gasteiger partial charge in [0, 0.05) is 25.2 Å². The molecule has 0 bridgehead atoms. The highest BCUT2D eigenvalue weighted by atomic mass is 16.5. The highest BCUT2D eigenvalue weighted by Crippen LogP contribution is 2.09. The van der Waals surface area contributed by atoms with E-state index >= 15 is 0 Å². The lowest BCUT2D eigenvalue weighted by Gasteiger charge is -2.05. The Bertz CT molecular complexity index is 482. The van der Waals surface area contributed by atoms with Crippen molar-refractivity contribution in [2.45, 2.75) is 12.8 Å². The van der Waals surface area contributed by atoms with Crippen molar-refractivity contribution >= 4 is 5.78 Å². The third kappa shape index (κ3) is 4.01. The van der Waals surface area contributed by atoms with E-state index in [1.807, 2.05) is 42.5 Å². The maximum Gasteiger partial charge on any atom is 0.140 e. The highest BCUT2D eigenvalue weighted by Gasteiger charge is 2.04. The fourth-order valence-corrected chi connectivity index (χ4v) is 1.62. The number of pyridine rings is 1. The lowest BCUT2D eigenvalue weighted by molar-refractivity contribution is -0.118. The lowest BCUT2D eigenvalue weighted by Crippen LogP contribution is -2.08. The molecule has 0 unspecified atom stereocenters. The maximum atomic E-state index is 11.7. The molecule has 0 N–H and O–H groups in total. The van der Waals surface area contributed by atoms with Gasteiger partial charge < -0.3 is 4.74 Å². The van der Waals surface area contributed by atoms with Gasteiger partial charge in [-0.1, -0.05) is 24.3 Å². The number of rotatable bonds is 6. The molecule has 18 heavy (non-hydrogen) atoms. The third-order valence-corrected chi connectivity index (χ3v) is 2.52. The zero-order valence-electron chi connectivity index (χ0n) is 10.1. The van der Waals surface area contributed by atoms with Crippen LogP contribution in [0.4, 0.5) is 0 Å². The van der Waals surface area contributed by atoms with E-state index in [9.17, 15) is 4.79 Å². The number of benzene rings is 1. The van der Waals surface area contributed by atoms with Crippen molar-refractivity contribution in [2.75, 3.05) is 6.61 Å². The maximum absolute atomic E-state index is 11.7. The number of nitrogens with zero attached hydrogens (tertiary/aromatic N) is 1. The van der Waals surface area contributed by atoms with E-state index in [2.05, 4.69) is 4.98 Å². The molecule has 0 amide bonds. The minimum absolute atomic E-state index is 0.166. The van der Waals surface area contributed by atoms with Crippen molar-refractivity contribution in [2.24, 2.45) is 0 Å². The smallest absolute Gasteiger partial charge is 0.140 e. The number of aromatic nitrogens is 1. The standard InChI is InChI=1S/C15H15NO2/c17-14(11-13-5-4-9-16-12-13)8-10-18-15-6-2-1-3-7-15/h1-7,9,12H,8,10-11H2. The zero-order valence-corrected chi connectivity index (χ0v) is 10.1. The zero-order chi connectivity index (χ0) is 12.6. The molecule has 2 aromatic rings. The summed E-state index contributed by atoms with van der Waals surface area (Å²) in [5.74, 6) is 0.964. The van der Waals surface area contributed by atoms with Crippen LogP contribution in [0.25, 0.3) is 0 Å². The fraction of sp³-hybridized carbons (Fsp3) is 0.200. The van der Waals surface area contributed by atoms with Gasteiger partial charge in [-0.15, -0.1) is 0 Å². The molecule has 3 heteroatoms. The molecule has 3 nitrogen and oxygen atoms in total. The van der Waals surface area contributed by atoms with Gasteiger partial charge >= 0.3 is 0 Å². The molecular formula is C15H15NO2. The predicted molar refractivity (Wildman–Crippen MR) is 69.5 cm³/mol. The monoisotopic (exact) mass is 241 g/mol. The van der Waals surface area contributed by atoms with Gasteiger partial charge in [0.2, 0.25) is 0 Å². The predicted octanol–water partition coefficient (Wildman–Crippen LogP) is 2.66. The molecule has 1 aromatic heterocycles. The van der Waals surface area contributed by atoms with Gasteiger partial charge in [-0.3, -0.25) is 9.78 Å². The molecule has 92 valence electrons. The van der Waals surface area contributed by atoms with Crippen molar-refractivity contribution in [3.63, 3.8) is 0 Å². The van der Waals surface area contributed by atoms with Crippen LogP contribution in [0.1, 0.15) is 12.0 Å². The Labute approximate surface area is 106 Å². The highest BCUT2D eigenvalue weighted by molar-refractivity contribution is 5.80. The number of ketones is 1. The van der Waals surface area contributed by atoms with Crippen LogP contribution in [0.15, 0.2) is 54.9 Å². The summed E-state index contributed by atoms with van der Waals surface area (Å²) < 4.78 is 5.48. The van der Waals surface area contributed by atoms with Crippen molar-refractivity contribution in [1.82, 2.24) is 4.98 Å². The summed E-state index contributed by atoms with van der Waals surface area (Å²) in [5.41, 5.74) is 0.946. The van der Waals surface area contributed by atoms with Gasteiger partial charge in [0.25, 0.3) is 0 Å². The second-order valence-corrected chi connectivity index (χ2v) is 3.99. The van der Waals surface area contributed by atoms with Crippen LogP contribution < -0.4 is 4.74 Å². The molecule has 1 heterocycles. The normalized spacial score (nSPS) is 10.0. The summed E-state index contributed by atoms with van der Waals surface area (Å²) in [6, 6.07) is 13.3. The number of hydrogen-bond acceptors (Lipinski definition) is 3. The number of carbonyl (C=O) groups is 1. The number of carbonyl (C=O) groups excluding carboxylic acids is 1. The van der Waals surface area contributed by atoms with E-state index < -0.39 is 0 Å². The fourth-order valence-electron chi connectivity index (χ4n) is 1.62. The molecule has 2 rings (SSSR count). The van der Waals surface area contributed by atoms with E-state index in [0.717, 1.165) is 11.3 Å². The van der Waals surface area contributed by atoms with Gasteiger partial charge in [0.15, 0.2) is 0 Å². The molecule has 0 atom stereocenters.